The van der Waals surface area contributed by atoms with Crippen molar-refractivity contribution in [1.29, 1.82) is 0 Å². The smallest absolute Gasteiger partial charge is 0.343 e. The topological polar surface area (TPSA) is 93.5 Å². The summed E-state index contributed by atoms with van der Waals surface area (Å²) in [6.45, 7) is 7.70. The normalized spacial score (nSPS) is 10.2. The Labute approximate surface area is 122 Å². The van der Waals surface area contributed by atoms with E-state index in [1.54, 1.807) is 6.08 Å². The molecule has 0 aliphatic heterocycles. The van der Waals surface area contributed by atoms with Crippen molar-refractivity contribution in [3.63, 3.8) is 0 Å². The van der Waals surface area contributed by atoms with Gasteiger partial charge in [0, 0.05) is 12.6 Å². The maximum Gasteiger partial charge on any atom is 0.343 e. The molecule has 0 bridgehead atoms. The van der Waals surface area contributed by atoms with Crippen LogP contribution in [0.4, 0.5) is 10.7 Å². The highest BCUT2D eigenvalue weighted by Crippen LogP contribution is 2.36. The highest BCUT2D eigenvalue weighted by atomic mass is 32.1. The lowest BCUT2D eigenvalue weighted by atomic mass is 10.2. The third kappa shape index (κ3) is 3.51. The molecule has 0 unspecified atom stereocenters. The van der Waals surface area contributed by atoms with Gasteiger partial charge in [0.1, 0.15) is 15.4 Å². The van der Waals surface area contributed by atoms with E-state index < -0.39 is 5.97 Å². The summed E-state index contributed by atoms with van der Waals surface area (Å²) in [5.41, 5.74) is 6.25. The fourth-order valence-electron chi connectivity index (χ4n) is 1.53. The van der Waals surface area contributed by atoms with Crippen LogP contribution < -0.4 is 16.4 Å². The highest BCUT2D eigenvalue weighted by molar-refractivity contribution is 7.19. The monoisotopic (exact) mass is 297 g/mol. The summed E-state index contributed by atoms with van der Waals surface area (Å²) in [5, 5.41) is 6.27. The standard InChI is InChI=1S/C13H19N3O3S/c1-5-6-15-11(17)10-9(14)8(13(18)19-4)12(20-10)16-7(2)3/h5,7,16H,1,6,14H2,2-4H3,(H,15,17). The van der Waals surface area contributed by atoms with Crippen LogP contribution in [-0.4, -0.2) is 31.6 Å². The SMILES string of the molecule is C=CCNC(=O)c1sc(NC(C)C)c(C(=O)OC)c1N. The molecule has 1 aromatic heterocycles. The van der Waals surface area contributed by atoms with E-state index in [0.29, 0.717) is 11.5 Å². The molecule has 1 rings (SSSR count). The Bertz CT molecular complexity index is 523. The van der Waals surface area contributed by atoms with Gasteiger partial charge in [-0.15, -0.1) is 17.9 Å². The summed E-state index contributed by atoms with van der Waals surface area (Å²) in [6.07, 6.45) is 1.57. The number of hydrogen-bond donors (Lipinski definition) is 3. The van der Waals surface area contributed by atoms with Crippen LogP contribution in [0.15, 0.2) is 12.7 Å². The fourth-order valence-corrected chi connectivity index (χ4v) is 2.70. The number of ether oxygens (including phenoxy) is 1. The first-order valence-corrected chi connectivity index (χ1v) is 6.90. The Balaban J connectivity index is 3.20. The minimum absolute atomic E-state index is 0.0977. The van der Waals surface area contributed by atoms with Gasteiger partial charge < -0.3 is 21.1 Å². The predicted molar refractivity (Wildman–Crippen MR) is 81.4 cm³/mol. The van der Waals surface area contributed by atoms with E-state index in [-0.39, 0.29) is 28.1 Å². The van der Waals surface area contributed by atoms with Crippen molar-refractivity contribution in [2.24, 2.45) is 0 Å². The summed E-state index contributed by atoms with van der Waals surface area (Å²) in [7, 11) is 1.27. The van der Waals surface area contributed by atoms with E-state index in [4.69, 9.17) is 10.5 Å². The zero-order valence-corrected chi connectivity index (χ0v) is 12.6. The molecule has 4 N–H and O–H groups in total. The Morgan fingerprint density at radius 2 is 2.15 bits per heavy atom. The van der Waals surface area contributed by atoms with Crippen LogP contribution in [0.2, 0.25) is 0 Å². The summed E-state index contributed by atoms with van der Waals surface area (Å²) >= 11 is 1.13. The first-order valence-electron chi connectivity index (χ1n) is 6.08. The maximum absolute atomic E-state index is 12.0. The van der Waals surface area contributed by atoms with Crippen LogP contribution in [0.5, 0.6) is 0 Å². The number of thiophene rings is 1. The van der Waals surface area contributed by atoms with Crippen molar-refractivity contribution in [1.82, 2.24) is 5.32 Å². The van der Waals surface area contributed by atoms with Crippen molar-refractivity contribution in [2.45, 2.75) is 19.9 Å². The van der Waals surface area contributed by atoms with Gasteiger partial charge in [0.2, 0.25) is 0 Å². The molecule has 0 radical (unpaired) electrons. The molecule has 110 valence electrons. The molecule has 0 saturated carbocycles. The van der Waals surface area contributed by atoms with Crippen LogP contribution in [0.1, 0.15) is 33.9 Å². The van der Waals surface area contributed by atoms with E-state index in [1.165, 1.54) is 7.11 Å². The second-order valence-corrected chi connectivity index (χ2v) is 5.36. The van der Waals surface area contributed by atoms with Gasteiger partial charge in [-0.1, -0.05) is 6.08 Å². The number of carbonyl (C=O) groups is 2. The Morgan fingerprint density at radius 1 is 1.50 bits per heavy atom. The zero-order valence-electron chi connectivity index (χ0n) is 11.8. The van der Waals surface area contributed by atoms with Crippen LogP contribution in [0.25, 0.3) is 0 Å². The lowest BCUT2D eigenvalue weighted by molar-refractivity contribution is 0.0603. The van der Waals surface area contributed by atoms with Gasteiger partial charge in [-0.3, -0.25) is 4.79 Å². The van der Waals surface area contributed by atoms with Crippen molar-refractivity contribution < 1.29 is 14.3 Å². The maximum atomic E-state index is 12.0. The molecule has 1 heterocycles. The first kappa shape index (κ1) is 16.0. The van der Waals surface area contributed by atoms with Crippen LogP contribution in [0.3, 0.4) is 0 Å². The van der Waals surface area contributed by atoms with Crippen molar-refractivity contribution >= 4 is 33.9 Å². The molecule has 0 spiro atoms. The number of nitrogens with one attached hydrogen (secondary N) is 2. The molecular weight excluding hydrogens is 278 g/mol. The van der Waals surface area contributed by atoms with E-state index >= 15 is 0 Å². The van der Waals surface area contributed by atoms with Gasteiger partial charge in [-0.05, 0) is 13.8 Å². The first-order chi connectivity index (χ1) is 9.42. The number of hydrogen-bond acceptors (Lipinski definition) is 6. The molecule has 1 amide bonds. The van der Waals surface area contributed by atoms with Gasteiger partial charge in [0.15, 0.2) is 0 Å². The minimum atomic E-state index is -0.565. The minimum Gasteiger partial charge on any atom is -0.465 e. The largest absolute Gasteiger partial charge is 0.465 e. The van der Waals surface area contributed by atoms with Crippen LogP contribution >= 0.6 is 11.3 Å². The summed E-state index contributed by atoms with van der Waals surface area (Å²) in [4.78, 5) is 24.1. The molecule has 7 heteroatoms. The predicted octanol–water partition coefficient (Wildman–Crippen LogP) is 1.85. The van der Waals surface area contributed by atoms with Crippen molar-refractivity contribution in [3.05, 3.63) is 23.1 Å². The number of methoxy groups -OCH3 is 1. The molecule has 0 atom stereocenters. The van der Waals surface area contributed by atoms with Crippen LogP contribution in [0, 0.1) is 0 Å². The summed E-state index contributed by atoms with van der Waals surface area (Å²) < 4.78 is 4.71. The number of nitrogen functional groups attached to an aromatic ring is 1. The number of rotatable bonds is 6. The number of amides is 1. The molecular formula is C13H19N3O3S. The molecule has 0 aromatic carbocycles. The molecule has 0 fully saturated rings. The van der Waals surface area contributed by atoms with Gasteiger partial charge in [-0.25, -0.2) is 4.79 Å². The van der Waals surface area contributed by atoms with Crippen LogP contribution in [-0.2, 0) is 4.74 Å². The highest BCUT2D eigenvalue weighted by Gasteiger charge is 2.26. The third-order valence-corrected chi connectivity index (χ3v) is 3.50. The van der Waals surface area contributed by atoms with E-state index in [1.807, 2.05) is 13.8 Å². The Hall–Kier alpha value is -2.02. The molecule has 0 saturated heterocycles. The van der Waals surface area contributed by atoms with Crippen molar-refractivity contribution in [2.75, 3.05) is 24.7 Å². The summed E-state index contributed by atoms with van der Waals surface area (Å²) in [6, 6.07) is 0.0977. The molecule has 0 aliphatic rings. The number of esters is 1. The molecule has 0 aliphatic carbocycles. The number of nitrogens with two attached hydrogens (primary N) is 1. The summed E-state index contributed by atoms with van der Waals surface area (Å²) in [5.74, 6) is -0.904. The van der Waals surface area contributed by atoms with E-state index in [9.17, 15) is 9.59 Å². The van der Waals surface area contributed by atoms with E-state index in [2.05, 4.69) is 17.2 Å². The van der Waals surface area contributed by atoms with Gasteiger partial charge >= 0.3 is 5.97 Å². The number of anilines is 2. The van der Waals surface area contributed by atoms with Crippen molar-refractivity contribution in [3.8, 4) is 0 Å². The quantitative estimate of drug-likeness (QED) is 0.550. The van der Waals surface area contributed by atoms with E-state index in [0.717, 1.165) is 11.3 Å². The third-order valence-electron chi connectivity index (χ3n) is 2.37. The zero-order chi connectivity index (χ0) is 15.3. The molecule has 6 nitrogen and oxygen atoms in total. The number of carbonyl (C=O) groups excluding carboxylic acids is 2. The average Bonchev–Trinajstić information content (AvgIpc) is 2.71. The molecule has 20 heavy (non-hydrogen) atoms. The fraction of sp³-hybridized carbons (Fsp3) is 0.385. The average molecular weight is 297 g/mol. The Kier molecular flexibility index (Phi) is 5.57. The second kappa shape index (κ2) is 6.95. The second-order valence-electron chi connectivity index (χ2n) is 4.34. The lowest BCUT2D eigenvalue weighted by Gasteiger charge is -2.09. The Morgan fingerprint density at radius 3 is 2.65 bits per heavy atom. The van der Waals surface area contributed by atoms with Gasteiger partial charge in [0.05, 0.1) is 12.8 Å². The van der Waals surface area contributed by atoms with Gasteiger partial charge in [-0.2, -0.15) is 0 Å². The molecule has 1 aromatic rings. The lowest BCUT2D eigenvalue weighted by Crippen LogP contribution is -2.23. The van der Waals surface area contributed by atoms with Gasteiger partial charge in [0.25, 0.3) is 5.91 Å².